The number of aromatic amines is 1. The van der Waals surface area contributed by atoms with Crippen LogP contribution in [0.2, 0.25) is 0 Å². The summed E-state index contributed by atoms with van der Waals surface area (Å²) in [4.78, 5) is 30.7. The highest BCUT2D eigenvalue weighted by molar-refractivity contribution is 7.08. The number of hydrogen-bond acceptors (Lipinski definition) is 6. The summed E-state index contributed by atoms with van der Waals surface area (Å²) in [7, 11) is 0. The summed E-state index contributed by atoms with van der Waals surface area (Å²) < 4.78 is 0. The molecule has 4 rings (SSSR count). The Morgan fingerprint density at radius 3 is 2.88 bits per heavy atom. The van der Waals surface area contributed by atoms with Gasteiger partial charge in [-0.3, -0.25) is 9.59 Å². The molecule has 0 aromatic carbocycles. The van der Waals surface area contributed by atoms with Gasteiger partial charge in [-0.25, -0.2) is 0 Å². The fourth-order valence-electron chi connectivity index (χ4n) is 2.81. The van der Waals surface area contributed by atoms with E-state index >= 15 is 0 Å². The number of likely N-dealkylation sites (tertiary alicyclic amines) is 1. The summed E-state index contributed by atoms with van der Waals surface area (Å²) in [6.45, 7) is 1.52. The molecule has 1 aliphatic rings. The van der Waals surface area contributed by atoms with Crippen LogP contribution in [0.3, 0.4) is 0 Å². The molecule has 0 aliphatic carbocycles. The molecule has 9 heteroatoms. The number of rotatable bonds is 5. The molecule has 1 aliphatic heterocycles. The number of hydrogen-bond donors (Lipinski definition) is 1. The van der Waals surface area contributed by atoms with Gasteiger partial charge in [0, 0.05) is 35.8 Å². The number of nitrogens with zero attached hydrogens (tertiary/aromatic N) is 5. The number of Topliss-reactive ketones (excluding diaryl/α,β-unsaturated/α-hetero) is 1. The molecule has 0 radical (unpaired) electrons. The predicted octanol–water partition coefficient (Wildman–Crippen LogP) is 1.85. The van der Waals surface area contributed by atoms with Crippen molar-refractivity contribution in [3.8, 4) is 11.4 Å². The molecular formula is C16H16N6O2S. The van der Waals surface area contributed by atoms with E-state index in [1.165, 1.54) is 4.80 Å². The summed E-state index contributed by atoms with van der Waals surface area (Å²) in [5.74, 6) is 0.259. The van der Waals surface area contributed by atoms with Crippen LogP contribution in [-0.4, -0.2) is 54.9 Å². The van der Waals surface area contributed by atoms with Crippen LogP contribution in [0.1, 0.15) is 33.7 Å². The third kappa shape index (κ3) is 3.22. The Kier molecular flexibility index (Phi) is 4.14. The maximum Gasteiger partial charge on any atom is 0.270 e. The first-order valence-corrected chi connectivity index (χ1v) is 8.96. The molecule has 1 saturated heterocycles. The van der Waals surface area contributed by atoms with Crippen molar-refractivity contribution < 1.29 is 9.59 Å². The van der Waals surface area contributed by atoms with Crippen LogP contribution in [0.5, 0.6) is 0 Å². The van der Waals surface area contributed by atoms with Gasteiger partial charge in [0.25, 0.3) is 5.91 Å². The summed E-state index contributed by atoms with van der Waals surface area (Å²) >= 11 is 1.55. The summed E-state index contributed by atoms with van der Waals surface area (Å²) in [6.07, 6.45) is 3.62. The molecule has 0 saturated carbocycles. The quantitative estimate of drug-likeness (QED) is 0.704. The number of H-pyrrole nitrogens is 1. The van der Waals surface area contributed by atoms with E-state index in [9.17, 15) is 9.59 Å². The minimum absolute atomic E-state index is 0.0215. The van der Waals surface area contributed by atoms with E-state index in [1.54, 1.807) is 28.5 Å². The minimum atomic E-state index is -0.175. The molecule has 0 spiro atoms. The molecule has 0 unspecified atom stereocenters. The highest BCUT2D eigenvalue weighted by Crippen LogP contribution is 2.17. The Hall–Kier alpha value is -2.81. The van der Waals surface area contributed by atoms with Gasteiger partial charge in [-0.05, 0) is 35.6 Å². The van der Waals surface area contributed by atoms with Crippen LogP contribution in [0.15, 0.2) is 29.1 Å². The van der Waals surface area contributed by atoms with E-state index in [0.717, 1.165) is 31.5 Å². The van der Waals surface area contributed by atoms with Gasteiger partial charge in [-0.2, -0.15) is 16.1 Å². The molecule has 3 aromatic rings. The summed E-state index contributed by atoms with van der Waals surface area (Å²) in [5, 5.41) is 15.9. The number of aromatic nitrogens is 5. The number of amides is 1. The van der Waals surface area contributed by atoms with Crippen molar-refractivity contribution in [1.82, 2.24) is 30.1 Å². The monoisotopic (exact) mass is 356 g/mol. The Balaban J connectivity index is 1.44. The van der Waals surface area contributed by atoms with Gasteiger partial charge in [0.05, 0.1) is 0 Å². The molecule has 0 atom stereocenters. The zero-order valence-corrected chi connectivity index (χ0v) is 14.2. The number of tetrazole rings is 1. The Labute approximate surface area is 147 Å². The molecule has 1 fully saturated rings. The average molecular weight is 356 g/mol. The van der Waals surface area contributed by atoms with Gasteiger partial charge in [0.2, 0.25) is 5.82 Å². The molecule has 4 heterocycles. The van der Waals surface area contributed by atoms with Crippen LogP contribution in [0, 0.1) is 0 Å². The second kappa shape index (κ2) is 6.60. The molecule has 25 heavy (non-hydrogen) atoms. The van der Waals surface area contributed by atoms with Crippen molar-refractivity contribution in [2.45, 2.75) is 19.4 Å². The highest BCUT2D eigenvalue weighted by atomic mass is 32.1. The van der Waals surface area contributed by atoms with Crippen molar-refractivity contribution in [2.75, 3.05) is 13.1 Å². The van der Waals surface area contributed by atoms with Crippen LogP contribution >= 0.6 is 11.3 Å². The first-order chi connectivity index (χ1) is 12.2. The normalized spacial score (nSPS) is 14.2. The predicted molar refractivity (Wildman–Crippen MR) is 91.4 cm³/mol. The van der Waals surface area contributed by atoms with Crippen molar-refractivity contribution in [3.63, 3.8) is 0 Å². The van der Waals surface area contributed by atoms with E-state index in [-0.39, 0.29) is 18.2 Å². The van der Waals surface area contributed by atoms with E-state index in [4.69, 9.17) is 0 Å². The third-order valence-electron chi connectivity index (χ3n) is 4.15. The highest BCUT2D eigenvalue weighted by Gasteiger charge is 2.22. The number of carbonyl (C=O) groups excluding carboxylic acids is 2. The maximum atomic E-state index is 12.4. The van der Waals surface area contributed by atoms with Gasteiger partial charge >= 0.3 is 0 Å². The fraction of sp³-hybridized carbons (Fsp3) is 0.312. The number of thiophene rings is 1. The third-order valence-corrected chi connectivity index (χ3v) is 4.83. The lowest BCUT2D eigenvalue weighted by Gasteiger charge is -2.13. The average Bonchev–Trinajstić information content (AvgIpc) is 3.42. The van der Waals surface area contributed by atoms with Gasteiger partial charge < -0.3 is 9.88 Å². The largest absolute Gasteiger partial charge is 0.356 e. The number of carbonyl (C=O) groups is 2. The molecule has 128 valence electrons. The Bertz CT molecular complexity index is 892. The second-order valence-electron chi connectivity index (χ2n) is 5.88. The summed E-state index contributed by atoms with van der Waals surface area (Å²) in [5.41, 5.74) is 1.76. The van der Waals surface area contributed by atoms with E-state index < -0.39 is 0 Å². The van der Waals surface area contributed by atoms with Crippen LogP contribution in [0.25, 0.3) is 11.4 Å². The van der Waals surface area contributed by atoms with Gasteiger partial charge in [0.1, 0.15) is 12.2 Å². The van der Waals surface area contributed by atoms with Crippen molar-refractivity contribution >= 4 is 23.0 Å². The van der Waals surface area contributed by atoms with Crippen molar-refractivity contribution in [3.05, 3.63) is 40.3 Å². The van der Waals surface area contributed by atoms with Crippen molar-refractivity contribution in [1.29, 1.82) is 0 Å². The lowest BCUT2D eigenvalue weighted by atomic mass is 10.2. The fourth-order valence-corrected chi connectivity index (χ4v) is 3.44. The number of nitrogens with one attached hydrogen (secondary N) is 1. The van der Waals surface area contributed by atoms with Crippen LogP contribution in [0.4, 0.5) is 0 Å². The first kappa shape index (κ1) is 15.7. The smallest absolute Gasteiger partial charge is 0.270 e. The van der Waals surface area contributed by atoms with Gasteiger partial charge in [-0.1, -0.05) is 0 Å². The van der Waals surface area contributed by atoms with E-state index in [2.05, 4.69) is 20.4 Å². The van der Waals surface area contributed by atoms with Crippen LogP contribution < -0.4 is 0 Å². The molecule has 1 amide bonds. The lowest BCUT2D eigenvalue weighted by Crippen LogP contribution is -2.27. The van der Waals surface area contributed by atoms with E-state index in [1.807, 2.05) is 16.8 Å². The zero-order chi connectivity index (χ0) is 17.2. The zero-order valence-electron chi connectivity index (χ0n) is 13.4. The van der Waals surface area contributed by atoms with Crippen LogP contribution in [-0.2, 0) is 6.54 Å². The molecule has 3 aromatic heterocycles. The summed E-state index contributed by atoms with van der Waals surface area (Å²) in [6, 6.07) is 3.50. The van der Waals surface area contributed by atoms with Crippen molar-refractivity contribution in [2.24, 2.45) is 0 Å². The Morgan fingerprint density at radius 1 is 1.28 bits per heavy atom. The maximum absolute atomic E-state index is 12.4. The lowest BCUT2D eigenvalue weighted by molar-refractivity contribution is 0.0787. The standard InChI is InChI=1S/C16H16N6O2S/c23-14(9-22-19-15(18-20-22)11-3-6-25-10-11)12-7-13(17-8-12)16(24)21-4-1-2-5-21/h3,6-8,10,17H,1-2,4-5,9H2. The minimum Gasteiger partial charge on any atom is -0.356 e. The molecular weight excluding hydrogens is 340 g/mol. The SMILES string of the molecule is O=C(Cn1nnc(-c2ccsc2)n1)c1c[nH]c(C(=O)N2CCCC2)c1. The molecule has 8 nitrogen and oxygen atoms in total. The molecule has 0 bridgehead atoms. The second-order valence-corrected chi connectivity index (χ2v) is 6.66. The van der Waals surface area contributed by atoms with Gasteiger partial charge in [0.15, 0.2) is 5.78 Å². The topological polar surface area (TPSA) is 96.8 Å². The van der Waals surface area contributed by atoms with E-state index in [0.29, 0.717) is 17.1 Å². The number of ketones is 1. The first-order valence-electron chi connectivity index (χ1n) is 8.02. The van der Waals surface area contributed by atoms with Gasteiger partial charge in [-0.15, -0.1) is 10.2 Å². The Morgan fingerprint density at radius 2 is 2.12 bits per heavy atom. The molecule has 1 N–H and O–H groups in total.